The molecule has 1 amide bonds. The minimum atomic E-state index is -3.61. The molecule has 0 unspecified atom stereocenters. The van der Waals surface area contributed by atoms with Gasteiger partial charge in [0.1, 0.15) is 5.75 Å². The predicted molar refractivity (Wildman–Crippen MR) is 125 cm³/mol. The van der Waals surface area contributed by atoms with Crippen molar-refractivity contribution in [2.75, 3.05) is 48.7 Å². The van der Waals surface area contributed by atoms with Crippen molar-refractivity contribution in [2.24, 2.45) is 0 Å². The van der Waals surface area contributed by atoms with Crippen molar-refractivity contribution in [2.45, 2.75) is 32.6 Å². The number of ether oxygens (including phenoxy) is 1. The zero-order valence-electron chi connectivity index (χ0n) is 18.6. The molecule has 2 aromatic rings. The summed E-state index contributed by atoms with van der Waals surface area (Å²) in [6.07, 6.45) is 0. The summed E-state index contributed by atoms with van der Waals surface area (Å²) in [5.41, 5.74) is 1.85. The Labute approximate surface area is 185 Å². The highest BCUT2D eigenvalue weighted by atomic mass is 32.2. The molecule has 0 radical (unpaired) electrons. The van der Waals surface area contributed by atoms with Crippen molar-refractivity contribution in [1.82, 2.24) is 4.31 Å². The lowest BCUT2D eigenvalue weighted by Gasteiger charge is -2.20. The van der Waals surface area contributed by atoms with Crippen LogP contribution >= 0.6 is 0 Å². The van der Waals surface area contributed by atoms with Crippen LogP contribution in [0.4, 0.5) is 17.1 Å². The fraction of sp³-hybridized carbons (Fsp3) is 0.409. The zero-order chi connectivity index (χ0) is 22.9. The first-order chi connectivity index (χ1) is 14.9. The molecule has 0 aliphatic rings. The van der Waals surface area contributed by atoms with Gasteiger partial charge in [0.15, 0.2) is 0 Å². The Balaban J connectivity index is 2.20. The van der Waals surface area contributed by atoms with Gasteiger partial charge in [-0.05, 0) is 44.2 Å². The molecule has 0 spiro atoms. The summed E-state index contributed by atoms with van der Waals surface area (Å²) < 4.78 is 32.7. The molecule has 2 aromatic carbocycles. The maximum Gasteiger partial charge on any atom is 0.243 e. The molecule has 0 aliphatic heterocycles. The summed E-state index contributed by atoms with van der Waals surface area (Å²) in [4.78, 5) is 12.7. The van der Waals surface area contributed by atoms with E-state index in [0.29, 0.717) is 43.4 Å². The summed E-state index contributed by atoms with van der Waals surface area (Å²) >= 11 is 0. The number of sulfonamides is 1. The molecule has 170 valence electrons. The van der Waals surface area contributed by atoms with Crippen LogP contribution in [0.15, 0.2) is 47.4 Å². The lowest BCUT2D eigenvalue weighted by molar-refractivity contribution is -0.114. The number of carbonyl (C=O) groups is 1. The quantitative estimate of drug-likeness (QED) is 0.459. The largest absolute Gasteiger partial charge is 0.492 e. The van der Waals surface area contributed by atoms with Crippen molar-refractivity contribution in [1.29, 1.82) is 0 Å². The van der Waals surface area contributed by atoms with Crippen molar-refractivity contribution < 1.29 is 17.9 Å². The van der Waals surface area contributed by atoms with Gasteiger partial charge >= 0.3 is 0 Å². The number of amides is 1. The maximum absolute atomic E-state index is 12.9. The summed E-state index contributed by atoms with van der Waals surface area (Å²) in [6.45, 7) is 9.32. The molecule has 0 fully saturated rings. The van der Waals surface area contributed by atoms with E-state index in [1.54, 1.807) is 44.2 Å². The molecule has 9 heteroatoms. The highest BCUT2D eigenvalue weighted by Gasteiger charge is 2.22. The molecular weight excluding hydrogens is 416 g/mol. The molecule has 0 saturated carbocycles. The van der Waals surface area contributed by atoms with Crippen molar-refractivity contribution in [3.8, 4) is 5.75 Å². The Morgan fingerprint density at radius 2 is 1.65 bits per heavy atom. The number of anilines is 3. The van der Waals surface area contributed by atoms with E-state index in [9.17, 15) is 13.2 Å². The molecule has 0 aromatic heterocycles. The molecule has 3 N–H and O–H groups in total. The third kappa shape index (κ3) is 6.35. The van der Waals surface area contributed by atoms with E-state index in [1.807, 2.05) is 26.0 Å². The summed E-state index contributed by atoms with van der Waals surface area (Å²) in [6, 6.07) is 12.1. The van der Waals surface area contributed by atoms with Gasteiger partial charge < -0.3 is 20.7 Å². The summed E-state index contributed by atoms with van der Waals surface area (Å²) in [5.74, 6) is 0.325. The number of para-hydroxylation sites is 2. The number of hydrogen-bond acceptors (Lipinski definition) is 6. The molecule has 8 nitrogen and oxygen atoms in total. The average Bonchev–Trinajstić information content (AvgIpc) is 2.75. The first-order valence-electron chi connectivity index (χ1n) is 10.5. The number of rotatable bonds is 12. The second-order valence-electron chi connectivity index (χ2n) is 6.66. The Hall–Kier alpha value is -2.78. The number of nitrogens with zero attached hydrogens (tertiary/aromatic N) is 1. The van der Waals surface area contributed by atoms with E-state index in [-0.39, 0.29) is 17.3 Å². The molecule has 0 saturated heterocycles. The Morgan fingerprint density at radius 1 is 0.935 bits per heavy atom. The maximum atomic E-state index is 12.9. The standard InChI is InChI=1S/C22H32N4O4S/c1-5-23-18-14-13-17(31(28,29)26(6-2)7-3)15-20(18)24-16-22(27)25-19-11-9-10-12-21(19)30-8-4/h9-15,23-24H,5-8,16H2,1-4H3,(H,25,27). The minimum Gasteiger partial charge on any atom is -0.492 e. The molecule has 0 bridgehead atoms. The molecular formula is C22H32N4O4S. The molecule has 31 heavy (non-hydrogen) atoms. The average molecular weight is 449 g/mol. The fourth-order valence-electron chi connectivity index (χ4n) is 3.11. The van der Waals surface area contributed by atoms with Crippen LogP contribution in [0.1, 0.15) is 27.7 Å². The van der Waals surface area contributed by atoms with Crippen LogP contribution in [0.2, 0.25) is 0 Å². The van der Waals surface area contributed by atoms with Gasteiger partial charge in [0.05, 0.1) is 35.1 Å². The first kappa shape index (κ1) is 24.5. The summed E-state index contributed by atoms with van der Waals surface area (Å²) in [5, 5.41) is 9.07. The van der Waals surface area contributed by atoms with Gasteiger partial charge in [0.25, 0.3) is 0 Å². The number of nitrogens with one attached hydrogen (secondary N) is 3. The second kappa shape index (κ2) is 11.6. The van der Waals surface area contributed by atoms with Crippen molar-refractivity contribution >= 4 is 33.0 Å². The SMILES string of the molecule is CCNc1ccc(S(=O)(=O)N(CC)CC)cc1NCC(=O)Nc1ccccc1OCC. The van der Waals surface area contributed by atoms with Gasteiger partial charge in [0, 0.05) is 19.6 Å². The lowest BCUT2D eigenvalue weighted by Crippen LogP contribution is -2.30. The fourth-order valence-corrected chi connectivity index (χ4v) is 4.59. The molecule has 0 atom stereocenters. The highest BCUT2D eigenvalue weighted by molar-refractivity contribution is 7.89. The molecule has 0 aliphatic carbocycles. The van der Waals surface area contributed by atoms with Crippen LogP contribution in [-0.4, -0.2) is 51.4 Å². The third-order valence-corrected chi connectivity index (χ3v) is 6.65. The zero-order valence-corrected chi connectivity index (χ0v) is 19.4. The van der Waals surface area contributed by atoms with Crippen LogP contribution < -0.4 is 20.7 Å². The molecule has 0 heterocycles. The van der Waals surface area contributed by atoms with E-state index in [2.05, 4.69) is 16.0 Å². The van der Waals surface area contributed by atoms with Crippen molar-refractivity contribution in [3.63, 3.8) is 0 Å². The highest BCUT2D eigenvalue weighted by Crippen LogP contribution is 2.28. The Kier molecular flexibility index (Phi) is 9.14. The third-order valence-electron chi connectivity index (χ3n) is 4.60. The van der Waals surface area contributed by atoms with Gasteiger partial charge in [-0.15, -0.1) is 0 Å². The lowest BCUT2D eigenvalue weighted by atomic mass is 10.2. The monoisotopic (exact) mass is 448 g/mol. The van der Waals surface area contributed by atoms with Gasteiger partial charge in [-0.2, -0.15) is 4.31 Å². The van der Waals surface area contributed by atoms with Crippen LogP contribution in [0, 0.1) is 0 Å². The van der Waals surface area contributed by atoms with E-state index in [4.69, 9.17) is 4.74 Å². The Morgan fingerprint density at radius 3 is 2.29 bits per heavy atom. The van der Waals surface area contributed by atoms with E-state index in [1.165, 1.54) is 4.31 Å². The molecule has 2 rings (SSSR count). The normalized spacial score (nSPS) is 11.3. The Bertz CT molecular complexity index is 975. The van der Waals surface area contributed by atoms with Crippen molar-refractivity contribution in [3.05, 3.63) is 42.5 Å². The number of benzene rings is 2. The smallest absolute Gasteiger partial charge is 0.243 e. The van der Waals surface area contributed by atoms with Crippen LogP contribution in [0.3, 0.4) is 0 Å². The topological polar surface area (TPSA) is 99.8 Å². The van der Waals surface area contributed by atoms with E-state index >= 15 is 0 Å². The van der Waals surface area contributed by atoms with E-state index in [0.717, 1.165) is 5.69 Å². The van der Waals surface area contributed by atoms with Gasteiger partial charge in [-0.3, -0.25) is 4.79 Å². The number of carbonyl (C=O) groups excluding carboxylic acids is 1. The summed E-state index contributed by atoms with van der Waals surface area (Å²) in [7, 11) is -3.61. The van der Waals surface area contributed by atoms with Crippen LogP contribution in [0.5, 0.6) is 5.75 Å². The first-order valence-corrected chi connectivity index (χ1v) is 11.9. The van der Waals surface area contributed by atoms with Gasteiger partial charge in [0.2, 0.25) is 15.9 Å². The predicted octanol–water partition coefficient (Wildman–Crippen LogP) is 3.60. The van der Waals surface area contributed by atoms with Gasteiger partial charge in [-0.25, -0.2) is 8.42 Å². The van der Waals surface area contributed by atoms with Gasteiger partial charge in [-0.1, -0.05) is 26.0 Å². The second-order valence-corrected chi connectivity index (χ2v) is 8.60. The van der Waals surface area contributed by atoms with Crippen LogP contribution in [0.25, 0.3) is 0 Å². The van der Waals surface area contributed by atoms with Crippen LogP contribution in [-0.2, 0) is 14.8 Å². The minimum absolute atomic E-state index is 0.0341. The van der Waals surface area contributed by atoms with E-state index < -0.39 is 10.0 Å². The number of hydrogen-bond donors (Lipinski definition) is 3.